The molecule has 7 unspecified atom stereocenters. The van der Waals surface area contributed by atoms with Crippen LogP contribution < -0.4 is 5.73 Å². The molecule has 0 amide bonds. The highest BCUT2D eigenvalue weighted by atomic mass is 32.2. The predicted molar refractivity (Wildman–Crippen MR) is 170 cm³/mol. The van der Waals surface area contributed by atoms with Crippen molar-refractivity contribution in [3.05, 3.63) is 47.1 Å². The Morgan fingerprint density at radius 1 is 1.33 bits per heavy atom. The number of aliphatic hydroxyl groups excluding tert-OH is 1. The zero-order valence-corrected chi connectivity index (χ0v) is 26.3. The number of aromatic nitrogens is 4. The van der Waals surface area contributed by atoms with E-state index in [9.17, 15) is 9.90 Å². The molecule has 0 aliphatic heterocycles. The average molecular weight is 589 g/mol. The summed E-state index contributed by atoms with van der Waals surface area (Å²) in [6, 6.07) is 0. The van der Waals surface area contributed by atoms with E-state index in [0.717, 1.165) is 59.9 Å². The number of aliphatic imine (C=N–C) groups is 1. The first-order valence-corrected chi connectivity index (χ1v) is 16.2. The largest absolute Gasteiger partial charge is 0.393 e. The van der Waals surface area contributed by atoms with Crippen LogP contribution >= 0.6 is 11.8 Å². The molecule has 3 fully saturated rings. The lowest BCUT2D eigenvalue weighted by atomic mass is 9.46. The van der Waals surface area contributed by atoms with E-state index in [2.05, 4.69) is 36.6 Å². The third-order valence-electron chi connectivity index (χ3n) is 11.2. The summed E-state index contributed by atoms with van der Waals surface area (Å²) in [5.74, 6) is 2.06. The number of aliphatic hydroxyl groups is 1. The summed E-state index contributed by atoms with van der Waals surface area (Å²) in [6.07, 6.45) is 15.0. The van der Waals surface area contributed by atoms with Crippen LogP contribution in [0.1, 0.15) is 75.5 Å². The second kappa shape index (κ2) is 10.7. The molecule has 3 saturated carbocycles. The number of rotatable bonds is 6. The number of nitrogens with two attached hydrogens (primary N) is 1. The number of carbonyl (C=O) groups is 1. The standard InChI is InChI=1S/C33H44N6O2S/c1-7-9-24-25(8-2)38(6)31(37-24)42-18-28(41)23-13-12-22-21-11-10-20-14-26-19(17-36-39(26)30(34)35-5)15-32(20,3)29(21)27(40)16-33(22,23)4/h7-9,14,17,21-23,27,29,40H,2,10-13,15-16,18H2,1,3-6H3,(H2,34,35)/b9-7-. The van der Waals surface area contributed by atoms with Crippen LogP contribution in [-0.4, -0.2) is 55.1 Å². The lowest BCUT2D eigenvalue weighted by molar-refractivity contribution is -0.140. The molecule has 0 aromatic carbocycles. The van der Waals surface area contributed by atoms with Gasteiger partial charge in [-0.05, 0) is 97.8 Å². The Labute approximate surface area is 253 Å². The van der Waals surface area contributed by atoms with Gasteiger partial charge in [0.1, 0.15) is 5.78 Å². The quantitative estimate of drug-likeness (QED) is 0.272. The summed E-state index contributed by atoms with van der Waals surface area (Å²) in [5.41, 5.74) is 11.2. The second-order valence-electron chi connectivity index (χ2n) is 13.2. The van der Waals surface area contributed by atoms with Gasteiger partial charge >= 0.3 is 0 Å². The first-order valence-electron chi connectivity index (χ1n) is 15.2. The number of imidazole rings is 1. The number of Topliss-reactive ketones (excluding diaryl/α,β-unsaturated/α-hetero) is 1. The van der Waals surface area contributed by atoms with E-state index in [0.29, 0.717) is 35.8 Å². The van der Waals surface area contributed by atoms with E-state index in [4.69, 9.17) is 10.7 Å². The molecule has 4 aliphatic rings. The van der Waals surface area contributed by atoms with Crippen LogP contribution in [0.2, 0.25) is 0 Å². The molecule has 0 bridgehead atoms. The highest BCUT2D eigenvalue weighted by Crippen LogP contribution is 2.66. The van der Waals surface area contributed by atoms with Crippen LogP contribution in [0, 0.1) is 34.5 Å². The zero-order chi connectivity index (χ0) is 30.0. The Bertz CT molecular complexity index is 1520. The van der Waals surface area contributed by atoms with E-state index in [-0.39, 0.29) is 22.7 Å². The topological polar surface area (TPSA) is 111 Å². The third kappa shape index (κ3) is 4.29. The van der Waals surface area contributed by atoms with Crippen molar-refractivity contribution in [2.75, 3.05) is 12.8 Å². The van der Waals surface area contributed by atoms with E-state index >= 15 is 0 Å². The number of hydrogen-bond donors (Lipinski definition) is 2. The van der Waals surface area contributed by atoms with Gasteiger partial charge in [-0.25, -0.2) is 9.67 Å². The summed E-state index contributed by atoms with van der Waals surface area (Å²) in [7, 11) is 3.66. The molecule has 0 radical (unpaired) electrons. The van der Waals surface area contributed by atoms with Crippen molar-refractivity contribution in [1.29, 1.82) is 0 Å². The highest BCUT2D eigenvalue weighted by molar-refractivity contribution is 7.99. The second-order valence-corrected chi connectivity index (χ2v) is 14.2. The molecule has 42 heavy (non-hydrogen) atoms. The monoisotopic (exact) mass is 588 g/mol. The Morgan fingerprint density at radius 2 is 2.12 bits per heavy atom. The third-order valence-corrected chi connectivity index (χ3v) is 12.3. The summed E-state index contributed by atoms with van der Waals surface area (Å²) in [6.45, 7) is 10.6. The number of hydrogen-bond acceptors (Lipinski definition) is 6. The first kappa shape index (κ1) is 29.2. The molecule has 9 heteroatoms. The zero-order valence-electron chi connectivity index (χ0n) is 25.5. The minimum absolute atomic E-state index is 0.0306. The molecular formula is C33H44N6O2S. The van der Waals surface area contributed by atoms with Crippen molar-refractivity contribution in [3.8, 4) is 0 Å². The molecule has 224 valence electrons. The van der Waals surface area contributed by atoms with Gasteiger partial charge in [-0.2, -0.15) is 5.10 Å². The minimum Gasteiger partial charge on any atom is -0.393 e. The summed E-state index contributed by atoms with van der Waals surface area (Å²) in [5, 5.41) is 17.3. The number of thioether (sulfide) groups is 1. The molecule has 3 N–H and O–H groups in total. The van der Waals surface area contributed by atoms with Gasteiger partial charge in [0.2, 0.25) is 5.96 Å². The van der Waals surface area contributed by atoms with Gasteiger partial charge in [0.05, 0.1) is 35.1 Å². The predicted octanol–water partition coefficient (Wildman–Crippen LogP) is 5.22. The first-order chi connectivity index (χ1) is 20.1. The van der Waals surface area contributed by atoms with Crippen LogP contribution in [0.15, 0.2) is 34.6 Å². The molecule has 2 aromatic heterocycles. The fourth-order valence-electron chi connectivity index (χ4n) is 9.39. The summed E-state index contributed by atoms with van der Waals surface area (Å²) in [4.78, 5) is 22.7. The molecule has 0 spiro atoms. The summed E-state index contributed by atoms with van der Waals surface area (Å²) >= 11 is 1.52. The highest BCUT2D eigenvalue weighted by Gasteiger charge is 2.63. The van der Waals surface area contributed by atoms with Gasteiger partial charge in [-0.1, -0.05) is 43.8 Å². The van der Waals surface area contributed by atoms with Gasteiger partial charge in [-0.15, -0.1) is 0 Å². The molecule has 4 aliphatic carbocycles. The van der Waals surface area contributed by atoms with Crippen molar-refractivity contribution in [1.82, 2.24) is 19.3 Å². The molecule has 6 rings (SSSR count). The lowest BCUT2D eigenvalue weighted by Crippen LogP contribution is -2.57. The smallest absolute Gasteiger partial charge is 0.216 e. The molecule has 7 atom stereocenters. The minimum atomic E-state index is -0.446. The van der Waals surface area contributed by atoms with E-state index in [1.165, 1.54) is 17.3 Å². The lowest BCUT2D eigenvalue weighted by Gasteiger charge is -2.59. The Hall–Kier alpha value is -2.91. The van der Waals surface area contributed by atoms with Gasteiger partial charge in [0.15, 0.2) is 5.16 Å². The maximum absolute atomic E-state index is 13.8. The fraction of sp³-hybridized carbons (Fsp3) is 0.576. The van der Waals surface area contributed by atoms with E-state index in [1.54, 1.807) is 11.7 Å². The molecule has 2 heterocycles. The van der Waals surface area contributed by atoms with Crippen molar-refractivity contribution in [2.45, 2.75) is 70.6 Å². The van der Waals surface area contributed by atoms with Gasteiger partial charge in [0.25, 0.3) is 0 Å². The van der Waals surface area contributed by atoms with Crippen LogP contribution in [-0.2, 0) is 18.3 Å². The van der Waals surface area contributed by atoms with Crippen molar-refractivity contribution in [2.24, 2.45) is 52.3 Å². The van der Waals surface area contributed by atoms with E-state index < -0.39 is 6.10 Å². The molecule has 8 nitrogen and oxygen atoms in total. The Balaban J connectivity index is 1.22. The maximum atomic E-state index is 13.8. The van der Waals surface area contributed by atoms with E-state index in [1.807, 2.05) is 43.0 Å². The fourth-order valence-corrected chi connectivity index (χ4v) is 10.3. The number of ketones is 1. The van der Waals surface area contributed by atoms with Crippen molar-refractivity contribution < 1.29 is 9.90 Å². The molecule has 2 aromatic rings. The van der Waals surface area contributed by atoms with Gasteiger partial charge < -0.3 is 15.4 Å². The normalized spacial score (nSPS) is 34.0. The molecular weight excluding hydrogens is 544 g/mol. The van der Waals surface area contributed by atoms with Crippen LogP contribution in [0.4, 0.5) is 0 Å². The summed E-state index contributed by atoms with van der Waals surface area (Å²) < 4.78 is 3.75. The Kier molecular flexibility index (Phi) is 7.41. The maximum Gasteiger partial charge on any atom is 0.216 e. The number of nitrogens with zero attached hydrogens (tertiary/aromatic N) is 5. The van der Waals surface area contributed by atoms with Gasteiger partial charge in [0, 0.05) is 20.0 Å². The number of fused-ring (bicyclic) bond motifs is 6. The van der Waals surface area contributed by atoms with Crippen LogP contribution in [0.3, 0.4) is 0 Å². The molecule has 0 saturated heterocycles. The average Bonchev–Trinajstić information content (AvgIpc) is 3.61. The Morgan fingerprint density at radius 3 is 2.83 bits per heavy atom. The van der Waals surface area contributed by atoms with Crippen LogP contribution in [0.5, 0.6) is 0 Å². The SMILES string of the molecule is C=Cc1c(/C=C\C)nc(SCC(=O)C2CCC3C4CCC5=Cc6c(cnn6C(N)=NC)CC5(C)C4C(O)CC23C)n1C. The number of carbonyl (C=O) groups excluding carboxylic acids is 1. The van der Waals surface area contributed by atoms with Crippen molar-refractivity contribution >= 4 is 41.7 Å². The van der Waals surface area contributed by atoms with Gasteiger partial charge in [-0.3, -0.25) is 9.79 Å². The van der Waals surface area contributed by atoms with Crippen molar-refractivity contribution in [3.63, 3.8) is 0 Å². The van der Waals surface area contributed by atoms with Crippen LogP contribution in [0.25, 0.3) is 18.2 Å². The number of allylic oxidation sites excluding steroid dienone is 2.